The van der Waals surface area contributed by atoms with E-state index in [-0.39, 0.29) is 6.04 Å². The standard InChI is InChI=1S/C17H15Cl2N3O3/c1-22(8-15-20-17(21-25-15)14-3-2-4-24-14)16-11-5-9(18)6-12(19)10(11)7-13(16)23/h2-6,13,16,23H,7-8H2,1H3/t13-,16-/m0/s1. The SMILES string of the molecule is CN(Cc1nc(-c2ccco2)no1)[C@H]1c2cc(Cl)cc(Cl)c2C[C@@H]1O. The normalized spacial score (nSPS) is 19.6. The number of rotatable bonds is 4. The van der Waals surface area contributed by atoms with Crippen molar-refractivity contribution < 1.29 is 14.0 Å². The van der Waals surface area contributed by atoms with Gasteiger partial charge in [-0.05, 0) is 42.4 Å². The van der Waals surface area contributed by atoms with Gasteiger partial charge in [-0.25, -0.2) is 0 Å². The second-order valence-corrected chi connectivity index (χ2v) is 6.92. The number of fused-ring (bicyclic) bond motifs is 1. The number of benzene rings is 1. The molecule has 6 nitrogen and oxygen atoms in total. The molecule has 4 rings (SSSR count). The summed E-state index contributed by atoms with van der Waals surface area (Å²) in [6.45, 7) is 0.374. The number of hydrogen-bond acceptors (Lipinski definition) is 6. The quantitative estimate of drug-likeness (QED) is 0.744. The predicted molar refractivity (Wildman–Crippen MR) is 92.4 cm³/mol. The third-order valence-corrected chi connectivity index (χ3v) is 4.92. The zero-order chi connectivity index (χ0) is 17.6. The smallest absolute Gasteiger partial charge is 0.241 e. The highest BCUT2D eigenvalue weighted by atomic mass is 35.5. The topological polar surface area (TPSA) is 75.5 Å². The fraction of sp³-hybridized carbons (Fsp3) is 0.294. The molecule has 1 aliphatic rings. The molecule has 130 valence electrons. The lowest BCUT2D eigenvalue weighted by atomic mass is 10.1. The highest BCUT2D eigenvalue weighted by Crippen LogP contribution is 2.41. The average molecular weight is 380 g/mol. The number of halogens is 2. The summed E-state index contributed by atoms with van der Waals surface area (Å²) < 4.78 is 10.6. The summed E-state index contributed by atoms with van der Waals surface area (Å²) in [5.74, 6) is 1.37. The number of hydrogen-bond donors (Lipinski definition) is 1. The van der Waals surface area contributed by atoms with Crippen molar-refractivity contribution in [2.75, 3.05) is 7.05 Å². The molecule has 0 saturated carbocycles. The molecule has 0 bridgehead atoms. The van der Waals surface area contributed by atoms with Gasteiger partial charge in [-0.2, -0.15) is 4.98 Å². The molecule has 1 N–H and O–H groups in total. The van der Waals surface area contributed by atoms with E-state index in [4.69, 9.17) is 32.1 Å². The number of likely N-dealkylation sites (N-methyl/N-ethyl adjacent to an activating group) is 1. The zero-order valence-corrected chi connectivity index (χ0v) is 14.8. The molecule has 1 aromatic carbocycles. The molecule has 0 amide bonds. The van der Waals surface area contributed by atoms with Gasteiger partial charge in [0.1, 0.15) is 0 Å². The largest absolute Gasteiger partial charge is 0.461 e. The molecule has 0 unspecified atom stereocenters. The minimum Gasteiger partial charge on any atom is -0.461 e. The Morgan fingerprint density at radius 3 is 2.96 bits per heavy atom. The summed E-state index contributed by atoms with van der Waals surface area (Å²) in [7, 11) is 1.88. The van der Waals surface area contributed by atoms with Crippen molar-refractivity contribution >= 4 is 23.2 Å². The van der Waals surface area contributed by atoms with Crippen LogP contribution in [0.15, 0.2) is 39.5 Å². The predicted octanol–water partition coefficient (Wildman–Crippen LogP) is 3.73. The maximum Gasteiger partial charge on any atom is 0.241 e. The van der Waals surface area contributed by atoms with Crippen LogP contribution in [-0.4, -0.2) is 33.3 Å². The summed E-state index contributed by atoms with van der Waals surface area (Å²) in [6, 6.07) is 6.83. The average Bonchev–Trinajstić information content (AvgIpc) is 3.25. The van der Waals surface area contributed by atoms with Crippen LogP contribution in [0.5, 0.6) is 0 Å². The summed E-state index contributed by atoms with van der Waals surface area (Å²) in [5, 5.41) is 15.6. The van der Waals surface area contributed by atoms with Crippen LogP contribution in [0, 0.1) is 0 Å². The highest BCUT2D eigenvalue weighted by Gasteiger charge is 2.36. The van der Waals surface area contributed by atoms with Gasteiger partial charge in [0.25, 0.3) is 0 Å². The number of aliphatic hydroxyl groups excluding tert-OH is 1. The first kappa shape index (κ1) is 16.6. The fourth-order valence-corrected chi connectivity index (χ4v) is 3.88. The molecule has 0 spiro atoms. The Morgan fingerprint density at radius 1 is 1.36 bits per heavy atom. The Balaban J connectivity index is 1.57. The Hall–Kier alpha value is -1.86. The van der Waals surface area contributed by atoms with Gasteiger partial charge in [0.2, 0.25) is 11.7 Å². The summed E-state index contributed by atoms with van der Waals surface area (Å²) in [5.41, 5.74) is 1.86. The fourth-order valence-electron chi connectivity index (χ4n) is 3.30. The maximum absolute atomic E-state index is 10.5. The molecule has 8 heteroatoms. The van der Waals surface area contributed by atoms with Crippen LogP contribution >= 0.6 is 23.2 Å². The van der Waals surface area contributed by atoms with Crippen molar-refractivity contribution in [2.24, 2.45) is 0 Å². The van der Waals surface area contributed by atoms with Gasteiger partial charge < -0.3 is 14.0 Å². The molecule has 2 atom stereocenters. The molecular formula is C17H15Cl2N3O3. The Labute approximate surface area is 154 Å². The number of aromatic nitrogens is 2. The number of aliphatic hydroxyl groups is 1. The van der Waals surface area contributed by atoms with E-state index in [1.54, 1.807) is 24.5 Å². The van der Waals surface area contributed by atoms with Gasteiger partial charge in [0.15, 0.2) is 5.76 Å². The molecule has 2 aromatic heterocycles. The van der Waals surface area contributed by atoms with Crippen molar-refractivity contribution in [1.82, 2.24) is 15.0 Å². The van der Waals surface area contributed by atoms with Crippen molar-refractivity contribution in [2.45, 2.75) is 25.1 Å². The van der Waals surface area contributed by atoms with Crippen molar-refractivity contribution in [1.29, 1.82) is 0 Å². The van der Waals surface area contributed by atoms with Crippen LogP contribution in [0.25, 0.3) is 11.6 Å². The van der Waals surface area contributed by atoms with Crippen LogP contribution in [0.2, 0.25) is 10.0 Å². The first-order valence-electron chi connectivity index (χ1n) is 7.75. The van der Waals surface area contributed by atoms with Crippen molar-refractivity contribution in [3.63, 3.8) is 0 Å². The van der Waals surface area contributed by atoms with E-state index in [1.807, 2.05) is 18.0 Å². The van der Waals surface area contributed by atoms with Crippen LogP contribution in [-0.2, 0) is 13.0 Å². The van der Waals surface area contributed by atoms with Gasteiger partial charge in [0, 0.05) is 16.5 Å². The van der Waals surface area contributed by atoms with E-state index in [9.17, 15) is 5.11 Å². The van der Waals surface area contributed by atoms with E-state index in [1.165, 1.54) is 0 Å². The van der Waals surface area contributed by atoms with Gasteiger partial charge in [-0.1, -0.05) is 28.4 Å². The van der Waals surface area contributed by atoms with E-state index in [0.29, 0.717) is 40.5 Å². The number of nitrogens with zero attached hydrogens (tertiary/aromatic N) is 3. The molecule has 2 heterocycles. The van der Waals surface area contributed by atoms with Crippen LogP contribution in [0.4, 0.5) is 0 Å². The summed E-state index contributed by atoms with van der Waals surface area (Å²) in [4.78, 5) is 6.28. The van der Waals surface area contributed by atoms with Gasteiger partial charge >= 0.3 is 0 Å². The number of furan rings is 1. The second-order valence-electron chi connectivity index (χ2n) is 6.08. The second kappa shape index (κ2) is 6.46. The van der Waals surface area contributed by atoms with Crippen LogP contribution in [0.1, 0.15) is 23.1 Å². The van der Waals surface area contributed by atoms with Crippen molar-refractivity contribution in [3.05, 3.63) is 57.6 Å². The Morgan fingerprint density at radius 2 is 2.20 bits per heavy atom. The minimum absolute atomic E-state index is 0.245. The molecule has 25 heavy (non-hydrogen) atoms. The third-order valence-electron chi connectivity index (χ3n) is 4.36. The van der Waals surface area contributed by atoms with Gasteiger partial charge in [0.05, 0.1) is 25.0 Å². The highest BCUT2D eigenvalue weighted by molar-refractivity contribution is 6.35. The molecule has 0 saturated heterocycles. The van der Waals surface area contributed by atoms with Crippen molar-refractivity contribution in [3.8, 4) is 11.6 Å². The van der Waals surface area contributed by atoms with E-state index >= 15 is 0 Å². The lowest BCUT2D eigenvalue weighted by Gasteiger charge is -2.26. The summed E-state index contributed by atoms with van der Waals surface area (Å²) >= 11 is 12.4. The Kier molecular flexibility index (Phi) is 4.29. The van der Waals surface area contributed by atoms with E-state index in [0.717, 1.165) is 11.1 Å². The first-order valence-corrected chi connectivity index (χ1v) is 8.51. The molecular weight excluding hydrogens is 365 g/mol. The maximum atomic E-state index is 10.5. The zero-order valence-electron chi connectivity index (χ0n) is 13.3. The van der Waals surface area contributed by atoms with Gasteiger partial charge in [-0.15, -0.1) is 0 Å². The van der Waals surface area contributed by atoms with E-state index < -0.39 is 6.10 Å². The monoisotopic (exact) mass is 379 g/mol. The molecule has 0 fully saturated rings. The first-order chi connectivity index (χ1) is 12.0. The molecule has 0 aliphatic heterocycles. The molecule has 3 aromatic rings. The lowest BCUT2D eigenvalue weighted by Crippen LogP contribution is -2.30. The van der Waals surface area contributed by atoms with Gasteiger partial charge in [-0.3, -0.25) is 4.90 Å². The lowest BCUT2D eigenvalue weighted by molar-refractivity contribution is 0.0667. The van der Waals surface area contributed by atoms with E-state index in [2.05, 4.69) is 10.1 Å². The summed E-state index contributed by atoms with van der Waals surface area (Å²) in [6.07, 6.45) is 1.46. The Bertz CT molecular complexity index is 895. The third kappa shape index (κ3) is 3.06. The van der Waals surface area contributed by atoms with Crippen LogP contribution < -0.4 is 0 Å². The minimum atomic E-state index is -0.580. The molecule has 1 aliphatic carbocycles. The van der Waals surface area contributed by atoms with Crippen LogP contribution in [0.3, 0.4) is 0 Å². The molecule has 0 radical (unpaired) electrons.